The minimum absolute atomic E-state index is 0.0325. The molecule has 0 unspecified atom stereocenters. The first-order valence-corrected chi connectivity index (χ1v) is 11.2. The van der Waals surface area contributed by atoms with E-state index in [0.29, 0.717) is 12.1 Å². The van der Waals surface area contributed by atoms with Crippen LogP contribution in [0.2, 0.25) is 0 Å². The molecule has 3 aromatic heterocycles. The van der Waals surface area contributed by atoms with E-state index >= 15 is 0 Å². The summed E-state index contributed by atoms with van der Waals surface area (Å²) in [6, 6.07) is 14.1. The van der Waals surface area contributed by atoms with Crippen molar-refractivity contribution >= 4 is 38.7 Å². The zero-order chi connectivity index (χ0) is 25.2. The number of hydrogen-bond acceptors (Lipinski definition) is 4. The van der Waals surface area contributed by atoms with Crippen LogP contribution in [0.25, 0.3) is 33.4 Å². The molecule has 7 nitrogen and oxygen atoms in total. The molecular weight excluding hydrogens is 529 g/mol. The molecule has 0 bridgehead atoms. The number of carbonyl (C=O) groups is 2. The summed E-state index contributed by atoms with van der Waals surface area (Å²) >= 11 is 3.64. The fourth-order valence-electron chi connectivity index (χ4n) is 3.66. The van der Waals surface area contributed by atoms with Gasteiger partial charge in [0.1, 0.15) is 0 Å². The van der Waals surface area contributed by atoms with Gasteiger partial charge in [-0.15, -0.1) is 0 Å². The smallest absolute Gasteiger partial charge is 0.475 e. The van der Waals surface area contributed by atoms with Crippen LogP contribution in [0.15, 0.2) is 59.3 Å². The molecule has 35 heavy (non-hydrogen) atoms. The third kappa shape index (κ3) is 5.35. The number of aromatic nitrogens is 3. The summed E-state index contributed by atoms with van der Waals surface area (Å²) in [6.45, 7) is 0.706. The highest BCUT2D eigenvalue weighted by Crippen LogP contribution is 2.35. The average Bonchev–Trinajstić information content (AvgIpc) is 3.05. The standard InChI is InChI=1S/C22H17BrN4O.C2HF3O2/c23-20-19-17(6-3-8-25-22(19)28)27-21(20)14-7-9-24-18(11-14)15-10-13-4-1-2-5-16(13)26-12-15;3-2(4,5)1(6)7/h1-2,4-5,7,9-12,27H,3,6,8H2,(H,25,28);(H,6,7). The molecule has 1 aliphatic rings. The highest BCUT2D eigenvalue weighted by Gasteiger charge is 2.38. The second-order valence-electron chi connectivity index (χ2n) is 7.68. The van der Waals surface area contributed by atoms with Crippen LogP contribution in [-0.2, 0) is 11.2 Å². The maximum absolute atomic E-state index is 12.4. The summed E-state index contributed by atoms with van der Waals surface area (Å²) < 4.78 is 32.5. The number of nitrogens with one attached hydrogen (secondary N) is 2. The number of hydrogen-bond donors (Lipinski definition) is 3. The van der Waals surface area contributed by atoms with Crippen LogP contribution in [0, 0.1) is 0 Å². The molecule has 0 radical (unpaired) electrons. The van der Waals surface area contributed by atoms with Gasteiger partial charge in [0.25, 0.3) is 5.91 Å². The zero-order valence-electron chi connectivity index (χ0n) is 18.0. The number of aromatic amines is 1. The normalized spacial score (nSPS) is 13.3. The van der Waals surface area contributed by atoms with Gasteiger partial charge in [0, 0.05) is 41.1 Å². The fourth-order valence-corrected chi connectivity index (χ4v) is 4.41. The molecule has 0 atom stereocenters. The Hall–Kier alpha value is -3.73. The summed E-state index contributed by atoms with van der Waals surface area (Å²) in [5.41, 5.74) is 6.33. The van der Waals surface area contributed by atoms with Crippen LogP contribution in [0.1, 0.15) is 22.5 Å². The molecule has 0 aliphatic carbocycles. The molecule has 4 heterocycles. The van der Waals surface area contributed by atoms with Crippen LogP contribution in [0.3, 0.4) is 0 Å². The number of H-pyrrole nitrogens is 1. The number of carboxylic acids is 1. The van der Waals surface area contributed by atoms with E-state index in [1.807, 2.05) is 42.6 Å². The Kier molecular flexibility index (Phi) is 6.88. The largest absolute Gasteiger partial charge is 0.490 e. The lowest BCUT2D eigenvalue weighted by molar-refractivity contribution is -0.192. The van der Waals surface area contributed by atoms with E-state index in [0.717, 1.165) is 56.4 Å². The number of para-hydroxylation sites is 1. The quantitative estimate of drug-likeness (QED) is 0.313. The summed E-state index contributed by atoms with van der Waals surface area (Å²) in [5.74, 6) is -2.79. The summed E-state index contributed by atoms with van der Waals surface area (Å²) in [5, 5.41) is 11.2. The van der Waals surface area contributed by atoms with Gasteiger partial charge in [-0.25, -0.2) is 4.79 Å². The second-order valence-corrected chi connectivity index (χ2v) is 8.47. The number of carbonyl (C=O) groups excluding carboxylic acids is 1. The topological polar surface area (TPSA) is 108 Å². The van der Waals surface area contributed by atoms with Crippen molar-refractivity contribution < 1.29 is 27.9 Å². The number of aliphatic carboxylic acids is 1. The molecule has 4 aromatic rings. The van der Waals surface area contributed by atoms with E-state index in [1.54, 1.807) is 6.20 Å². The van der Waals surface area contributed by atoms with E-state index in [9.17, 15) is 18.0 Å². The van der Waals surface area contributed by atoms with Gasteiger partial charge in [-0.05, 0) is 53.0 Å². The SMILES string of the molecule is O=C(O)C(F)(F)F.O=C1NCCCc2[nH]c(-c3ccnc(-c4cnc5ccccc5c4)c3)c(Br)c21. The minimum atomic E-state index is -5.08. The first-order valence-electron chi connectivity index (χ1n) is 10.5. The van der Waals surface area contributed by atoms with Crippen molar-refractivity contribution in [2.45, 2.75) is 19.0 Å². The van der Waals surface area contributed by atoms with Gasteiger partial charge in [-0.3, -0.25) is 14.8 Å². The van der Waals surface area contributed by atoms with Crippen molar-refractivity contribution in [2.24, 2.45) is 0 Å². The molecule has 0 saturated carbocycles. The maximum atomic E-state index is 12.4. The van der Waals surface area contributed by atoms with Crippen molar-refractivity contribution in [3.63, 3.8) is 0 Å². The first-order chi connectivity index (χ1) is 16.6. The Morgan fingerprint density at radius 3 is 2.57 bits per heavy atom. The molecule has 0 saturated heterocycles. The number of benzene rings is 1. The Bertz CT molecular complexity index is 1420. The Morgan fingerprint density at radius 1 is 1.09 bits per heavy atom. The molecule has 0 spiro atoms. The monoisotopic (exact) mass is 546 g/mol. The average molecular weight is 547 g/mol. The molecule has 3 N–H and O–H groups in total. The molecule has 180 valence electrons. The zero-order valence-corrected chi connectivity index (χ0v) is 19.6. The summed E-state index contributed by atoms with van der Waals surface area (Å²) in [7, 11) is 0. The molecule has 1 aromatic carbocycles. The number of aryl methyl sites for hydroxylation is 1. The number of amides is 1. The predicted molar refractivity (Wildman–Crippen MR) is 127 cm³/mol. The van der Waals surface area contributed by atoms with Crippen molar-refractivity contribution in [1.82, 2.24) is 20.3 Å². The molecule has 11 heteroatoms. The van der Waals surface area contributed by atoms with Crippen LogP contribution in [0.5, 0.6) is 0 Å². The van der Waals surface area contributed by atoms with Gasteiger partial charge in [0.05, 0.1) is 26.9 Å². The molecular formula is C24H18BrF3N4O3. The Morgan fingerprint density at radius 2 is 1.83 bits per heavy atom. The van der Waals surface area contributed by atoms with E-state index < -0.39 is 12.1 Å². The lowest BCUT2D eigenvalue weighted by atomic mass is 10.1. The van der Waals surface area contributed by atoms with Crippen LogP contribution < -0.4 is 5.32 Å². The Labute approximate surface area is 205 Å². The number of carboxylic acid groups (broad SMARTS) is 1. The molecule has 5 rings (SSSR count). The van der Waals surface area contributed by atoms with Gasteiger partial charge < -0.3 is 15.4 Å². The number of pyridine rings is 2. The van der Waals surface area contributed by atoms with Crippen LogP contribution in [0.4, 0.5) is 13.2 Å². The minimum Gasteiger partial charge on any atom is -0.475 e. The van der Waals surface area contributed by atoms with Gasteiger partial charge in [0.15, 0.2) is 0 Å². The van der Waals surface area contributed by atoms with Gasteiger partial charge in [-0.1, -0.05) is 18.2 Å². The summed E-state index contributed by atoms with van der Waals surface area (Å²) in [6.07, 6.45) is 0.327. The maximum Gasteiger partial charge on any atom is 0.490 e. The number of halogens is 4. The number of fused-ring (bicyclic) bond motifs is 2. The van der Waals surface area contributed by atoms with E-state index in [2.05, 4.69) is 42.3 Å². The van der Waals surface area contributed by atoms with E-state index in [4.69, 9.17) is 9.90 Å². The number of rotatable bonds is 2. The number of alkyl halides is 3. The fraction of sp³-hybridized carbons (Fsp3) is 0.167. The van der Waals surface area contributed by atoms with Crippen molar-refractivity contribution in [3.8, 4) is 22.5 Å². The van der Waals surface area contributed by atoms with Crippen molar-refractivity contribution in [2.75, 3.05) is 6.54 Å². The second kappa shape index (κ2) is 9.87. The number of nitrogens with zero attached hydrogens (tertiary/aromatic N) is 2. The predicted octanol–water partition coefficient (Wildman–Crippen LogP) is 5.36. The third-order valence-corrected chi connectivity index (χ3v) is 6.10. The summed E-state index contributed by atoms with van der Waals surface area (Å²) in [4.78, 5) is 33.8. The van der Waals surface area contributed by atoms with Crippen LogP contribution in [-0.4, -0.2) is 44.7 Å². The van der Waals surface area contributed by atoms with Gasteiger partial charge in [-0.2, -0.15) is 13.2 Å². The lowest BCUT2D eigenvalue weighted by Gasteiger charge is -2.06. The molecule has 0 fully saturated rings. The molecule has 1 aliphatic heterocycles. The van der Waals surface area contributed by atoms with Crippen molar-refractivity contribution in [3.05, 3.63) is 70.6 Å². The first kappa shape index (κ1) is 24.4. The van der Waals surface area contributed by atoms with E-state index in [1.165, 1.54) is 0 Å². The highest BCUT2D eigenvalue weighted by atomic mass is 79.9. The van der Waals surface area contributed by atoms with Gasteiger partial charge >= 0.3 is 12.1 Å². The molecule has 1 amide bonds. The Balaban J connectivity index is 0.000000364. The third-order valence-electron chi connectivity index (χ3n) is 5.31. The lowest BCUT2D eigenvalue weighted by Crippen LogP contribution is -2.22. The van der Waals surface area contributed by atoms with Gasteiger partial charge in [0.2, 0.25) is 0 Å². The van der Waals surface area contributed by atoms with E-state index in [-0.39, 0.29) is 5.91 Å². The highest BCUT2D eigenvalue weighted by molar-refractivity contribution is 9.10. The van der Waals surface area contributed by atoms with Crippen LogP contribution >= 0.6 is 15.9 Å². The van der Waals surface area contributed by atoms with Crippen molar-refractivity contribution in [1.29, 1.82) is 0 Å².